The lowest BCUT2D eigenvalue weighted by Gasteiger charge is -2.05. The fraction of sp³-hybridized carbons (Fsp3) is 0.400. The number of hydrogen-bond donors (Lipinski definition) is 1. The van der Waals surface area contributed by atoms with Crippen LogP contribution >= 0.6 is 0 Å². The molecule has 0 aliphatic carbocycles. The maximum absolute atomic E-state index is 11.4. The summed E-state index contributed by atoms with van der Waals surface area (Å²) in [6.45, 7) is 0. The van der Waals surface area contributed by atoms with Crippen molar-refractivity contribution in [3.63, 3.8) is 0 Å². The minimum absolute atomic E-state index is 1.48. The Hall–Kier alpha value is -1.02. The Labute approximate surface area is 55.2 Å². The summed E-state index contributed by atoms with van der Waals surface area (Å²) in [4.78, 5) is 10.0. The molecule has 0 aromatic carbocycles. The standard InChI is InChI=1S/C5H4F3NO/c1-2-3(9)4(10)5(6,7)8/h1,3H,9H2. The van der Waals surface area contributed by atoms with E-state index < -0.39 is 18.0 Å². The Morgan fingerprint density at radius 1 is 1.60 bits per heavy atom. The van der Waals surface area contributed by atoms with E-state index in [1.54, 1.807) is 0 Å². The summed E-state index contributed by atoms with van der Waals surface area (Å²) in [5, 5.41) is 0. The van der Waals surface area contributed by atoms with E-state index in [0.29, 0.717) is 0 Å². The lowest BCUT2D eigenvalue weighted by atomic mass is 10.2. The molecule has 1 atom stereocenters. The average molecular weight is 151 g/mol. The summed E-state index contributed by atoms with van der Waals surface area (Å²) < 4.78 is 34.1. The molecule has 2 nitrogen and oxygen atoms in total. The number of terminal acetylenes is 1. The number of Topliss-reactive ketones (excluding diaryl/α,β-unsaturated/α-hetero) is 1. The number of ketones is 1. The van der Waals surface area contributed by atoms with E-state index in [9.17, 15) is 18.0 Å². The highest BCUT2D eigenvalue weighted by atomic mass is 19.4. The van der Waals surface area contributed by atoms with E-state index in [0.717, 1.165) is 0 Å². The van der Waals surface area contributed by atoms with Crippen molar-refractivity contribution in [2.45, 2.75) is 12.2 Å². The normalized spacial score (nSPS) is 13.9. The summed E-state index contributed by atoms with van der Waals surface area (Å²) >= 11 is 0. The summed E-state index contributed by atoms with van der Waals surface area (Å²) in [5.74, 6) is -0.608. The number of carbonyl (C=O) groups excluding carboxylic acids is 1. The van der Waals surface area contributed by atoms with Gasteiger partial charge in [0.15, 0.2) is 0 Å². The van der Waals surface area contributed by atoms with Crippen molar-refractivity contribution in [2.75, 3.05) is 0 Å². The van der Waals surface area contributed by atoms with Crippen molar-refractivity contribution in [3.8, 4) is 12.3 Å². The molecule has 0 aliphatic rings. The molecule has 0 saturated carbocycles. The Kier molecular flexibility index (Phi) is 2.43. The highest BCUT2D eigenvalue weighted by Gasteiger charge is 2.41. The van der Waals surface area contributed by atoms with Crippen molar-refractivity contribution in [1.82, 2.24) is 0 Å². The third kappa shape index (κ3) is 2.07. The third-order valence-electron chi connectivity index (χ3n) is 0.741. The van der Waals surface area contributed by atoms with Gasteiger partial charge in [0.2, 0.25) is 0 Å². The van der Waals surface area contributed by atoms with Crippen LogP contribution in [0.2, 0.25) is 0 Å². The van der Waals surface area contributed by atoms with Gasteiger partial charge in [-0.25, -0.2) is 0 Å². The number of rotatable bonds is 1. The lowest BCUT2D eigenvalue weighted by molar-refractivity contribution is -0.171. The summed E-state index contributed by atoms with van der Waals surface area (Å²) in [6.07, 6.45) is -0.451. The minimum Gasteiger partial charge on any atom is -0.311 e. The first-order valence-electron chi connectivity index (χ1n) is 2.22. The second-order valence-corrected chi connectivity index (χ2v) is 1.51. The van der Waals surface area contributed by atoms with Crippen molar-refractivity contribution in [3.05, 3.63) is 0 Å². The van der Waals surface area contributed by atoms with Gasteiger partial charge >= 0.3 is 6.18 Å². The van der Waals surface area contributed by atoms with Gasteiger partial charge < -0.3 is 5.73 Å². The molecule has 0 aromatic rings. The van der Waals surface area contributed by atoms with Crippen LogP contribution in [0.4, 0.5) is 13.2 Å². The van der Waals surface area contributed by atoms with Crippen molar-refractivity contribution in [2.24, 2.45) is 5.73 Å². The summed E-state index contributed by atoms with van der Waals surface area (Å²) in [6, 6.07) is -1.88. The van der Waals surface area contributed by atoms with E-state index in [1.165, 1.54) is 5.92 Å². The molecule has 56 valence electrons. The number of halogens is 3. The lowest BCUT2D eigenvalue weighted by Crippen LogP contribution is -2.39. The first-order valence-corrected chi connectivity index (χ1v) is 2.22. The molecule has 0 aromatic heterocycles. The summed E-state index contributed by atoms with van der Waals surface area (Å²) in [5.41, 5.74) is 4.60. The Morgan fingerprint density at radius 2 is 2.00 bits per heavy atom. The van der Waals surface area contributed by atoms with Gasteiger partial charge in [0, 0.05) is 0 Å². The Bertz CT molecular complexity index is 178. The molecule has 0 amide bonds. The number of carbonyl (C=O) groups is 1. The topological polar surface area (TPSA) is 43.1 Å². The predicted molar refractivity (Wildman–Crippen MR) is 27.9 cm³/mol. The van der Waals surface area contributed by atoms with E-state index in [1.807, 2.05) is 0 Å². The van der Waals surface area contributed by atoms with Gasteiger partial charge in [-0.05, 0) is 0 Å². The van der Waals surface area contributed by atoms with Crippen LogP contribution in [0.3, 0.4) is 0 Å². The van der Waals surface area contributed by atoms with Gasteiger partial charge in [-0.1, -0.05) is 5.92 Å². The molecule has 0 radical (unpaired) electrons. The average Bonchev–Trinajstić information content (AvgIpc) is 1.83. The molecule has 0 bridgehead atoms. The quantitative estimate of drug-likeness (QED) is 0.539. The maximum Gasteiger partial charge on any atom is 0.452 e. The zero-order chi connectivity index (χ0) is 8.36. The zero-order valence-electron chi connectivity index (χ0n) is 4.77. The van der Waals surface area contributed by atoms with E-state index >= 15 is 0 Å². The van der Waals surface area contributed by atoms with Crippen LogP contribution in [0.1, 0.15) is 0 Å². The van der Waals surface area contributed by atoms with Crippen molar-refractivity contribution in [1.29, 1.82) is 0 Å². The number of hydrogen-bond acceptors (Lipinski definition) is 2. The van der Waals surface area contributed by atoms with Gasteiger partial charge in [-0.2, -0.15) is 13.2 Å². The van der Waals surface area contributed by atoms with E-state index in [2.05, 4.69) is 12.2 Å². The Balaban J connectivity index is 4.27. The fourth-order valence-corrected chi connectivity index (χ4v) is 0.252. The van der Waals surface area contributed by atoms with E-state index in [-0.39, 0.29) is 0 Å². The smallest absolute Gasteiger partial charge is 0.311 e. The van der Waals surface area contributed by atoms with Crippen molar-refractivity contribution >= 4 is 5.78 Å². The zero-order valence-corrected chi connectivity index (χ0v) is 4.77. The third-order valence-corrected chi connectivity index (χ3v) is 0.741. The molecule has 1 unspecified atom stereocenters. The largest absolute Gasteiger partial charge is 0.452 e. The van der Waals surface area contributed by atoms with Crippen molar-refractivity contribution < 1.29 is 18.0 Å². The van der Waals surface area contributed by atoms with Gasteiger partial charge in [0.25, 0.3) is 5.78 Å². The fourth-order valence-electron chi connectivity index (χ4n) is 0.252. The molecule has 10 heavy (non-hydrogen) atoms. The highest BCUT2D eigenvalue weighted by molar-refractivity contribution is 5.91. The molecule has 0 aliphatic heterocycles. The first kappa shape index (κ1) is 8.98. The van der Waals surface area contributed by atoms with Gasteiger partial charge in [-0.3, -0.25) is 4.79 Å². The van der Waals surface area contributed by atoms with E-state index in [4.69, 9.17) is 0 Å². The highest BCUT2D eigenvalue weighted by Crippen LogP contribution is 2.16. The molecular weight excluding hydrogens is 147 g/mol. The molecule has 0 heterocycles. The van der Waals surface area contributed by atoms with Crippen LogP contribution in [0, 0.1) is 12.3 Å². The molecule has 0 spiro atoms. The Morgan fingerprint density at radius 3 is 2.10 bits per heavy atom. The monoisotopic (exact) mass is 151 g/mol. The number of nitrogens with two attached hydrogens (primary N) is 1. The molecule has 5 heteroatoms. The second-order valence-electron chi connectivity index (χ2n) is 1.51. The predicted octanol–water partition coefficient (Wildman–Crippen LogP) is 0.0783. The van der Waals surface area contributed by atoms with Crippen LogP contribution in [-0.2, 0) is 4.79 Å². The number of alkyl halides is 3. The van der Waals surface area contributed by atoms with Gasteiger partial charge in [-0.15, -0.1) is 6.42 Å². The summed E-state index contributed by atoms with van der Waals surface area (Å²) in [7, 11) is 0. The molecular formula is C5H4F3NO. The van der Waals surface area contributed by atoms with Gasteiger partial charge in [0.05, 0.1) is 0 Å². The van der Waals surface area contributed by atoms with Crippen LogP contribution in [0.5, 0.6) is 0 Å². The van der Waals surface area contributed by atoms with Crippen LogP contribution < -0.4 is 5.73 Å². The minimum atomic E-state index is -4.92. The van der Waals surface area contributed by atoms with Crippen LogP contribution in [-0.4, -0.2) is 18.0 Å². The molecule has 2 N–H and O–H groups in total. The van der Waals surface area contributed by atoms with Crippen LogP contribution in [0.15, 0.2) is 0 Å². The van der Waals surface area contributed by atoms with Gasteiger partial charge in [0.1, 0.15) is 6.04 Å². The maximum atomic E-state index is 11.4. The molecule has 0 saturated heterocycles. The molecule has 0 rings (SSSR count). The molecule has 0 fully saturated rings. The SMILES string of the molecule is C#CC(N)C(=O)C(F)(F)F. The van der Waals surface area contributed by atoms with Crippen LogP contribution in [0.25, 0.3) is 0 Å². The second kappa shape index (κ2) is 2.71. The first-order chi connectivity index (χ1) is 4.39.